The Morgan fingerprint density at radius 1 is 1.00 bits per heavy atom. The molecule has 0 bridgehead atoms. The molecule has 2 fully saturated rings. The number of carbonyl (C=O) groups is 1. The van der Waals surface area contributed by atoms with E-state index in [0.717, 1.165) is 51.4 Å². The number of hydrogen-bond donors (Lipinski definition) is 2. The Morgan fingerprint density at radius 3 is 2.09 bits per heavy atom. The summed E-state index contributed by atoms with van der Waals surface area (Å²) in [7, 11) is -3.39. The van der Waals surface area contributed by atoms with Crippen LogP contribution in [0, 0.1) is 11.8 Å². The van der Waals surface area contributed by atoms with E-state index in [1.807, 2.05) is 0 Å². The molecule has 2 aliphatic rings. The van der Waals surface area contributed by atoms with Gasteiger partial charge in [0.25, 0.3) is 0 Å². The summed E-state index contributed by atoms with van der Waals surface area (Å²) in [6.07, 6.45) is 12.9. The van der Waals surface area contributed by atoms with Crippen molar-refractivity contribution in [1.82, 2.24) is 0 Å². The van der Waals surface area contributed by atoms with Gasteiger partial charge in [-0.05, 0) is 37.5 Å². The SMILES string of the molecule is O=C(O)/C(=C\C1CCCCC1)CP(=O)(O)CC1CCCCC1. The average Bonchev–Trinajstić information content (AvgIpc) is 2.48. The number of rotatable bonds is 6. The predicted molar refractivity (Wildman–Crippen MR) is 88.4 cm³/mol. The Kier molecular flexibility index (Phi) is 6.70. The maximum absolute atomic E-state index is 12.5. The fraction of sp³-hybridized carbons (Fsp3) is 0.824. The third-order valence-electron chi connectivity index (χ3n) is 5.05. The summed E-state index contributed by atoms with van der Waals surface area (Å²) in [6.45, 7) is 0. The molecule has 4 nitrogen and oxygen atoms in total. The van der Waals surface area contributed by atoms with Crippen LogP contribution in [-0.4, -0.2) is 28.3 Å². The molecule has 0 amide bonds. The zero-order chi connectivity index (χ0) is 16.0. The van der Waals surface area contributed by atoms with Gasteiger partial charge >= 0.3 is 5.97 Å². The largest absolute Gasteiger partial charge is 0.478 e. The number of hydrogen-bond acceptors (Lipinski definition) is 2. The third-order valence-corrected chi connectivity index (χ3v) is 6.97. The van der Waals surface area contributed by atoms with Gasteiger partial charge in [-0.25, -0.2) is 4.79 Å². The Balaban J connectivity index is 1.97. The summed E-state index contributed by atoms with van der Waals surface area (Å²) < 4.78 is 12.5. The molecule has 0 saturated heterocycles. The Labute approximate surface area is 133 Å². The van der Waals surface area contributed by atoms with Crippen LogP contribution in [-0.2, 0) is 9.36 Å². The van der Waals surface area contributed by atoms with E-state index in [0.29, 0.717) is 12.1 Å². The van der Waals surface area contributed by atoms with Crippen LogP contribution in [0.1, 0.15) is 64.2 Å². The van der Waals surface area contributed by atoms with Crippen LogP contribution < -0.4 is 0 Å². The predicted octanol–water partition coefficient (Wildman–Crippen LogP) is 4.43. The average molecular weight is 328 g/mol. The number of carboxylic acid groups (broad SMARTS) is 1. The highest BCUT2D eigenvalue weighted by molar-refractivity contribution is 7.58. The van der Waals surface area contributed by atoms with Gasteiger partial charge in [0, 0.05) is 11.7 Å². The normalized spacial score (nSPS) is 24.9. The van der Waals surface area contributed by atoms with Crippen molar-refractivity contribution >= 4 is 13.3 Å². The number of allylic oxidation sites excluding steroid dienone is 1. The molecular weight excluding hydrogens is 299 g/mol. The monoisotopic (exact) mass is 328 g/mol. The molecule has 1 atom stereocenters. The Morgan fingerprint density at radius 2 is 1.55 bits per heavy atom. The Hall–Kier alpha value is -0.600. The molecule has 2 saturated carbocycles. The van der Waals surface area contributed by atoms with Crippen molar-refractivity contribution in [3.8, 4) is 0 Å². The molecule has 0 aromatic carbocycles. The van der Waals surface area contributed by atoms with Crippen molar-refractivity contribution < 1.29 is 19.4 Å². The van der Waals surface area contributed by atoms with E-state index in [9.17, 15) is 19.4 Å². The standard InChI is InChI=1S/C17H29O4P/c18-17(19)16(11-14-7-3-1-4-8-14)13-22(20,21)12-15-9-5-2-6-10-15/h11,14-15H,1-10,12-13H2,(H,18,19)(H,20,21)/b16-11-. The number of carboxylic acids is 1. The maximum atomic E-state index is 12.5. The molecule has 2 N–H and O–H groups in total. The van der Waals surface area contributed by atoms with Crippen molar-refractivity contribution in [1.29, 1.82) is 0 Å². The van der Waals surface area contributed by atoms with Gasteiger partial charge in [0.15, 0.2) is 0 Å². The zero-order valence-electron chi connectivity index (χ0n) is 13.4. The van der Waals surface area contributed by atoms with E-state index in [1.54, 1.807) is 6.08 Å². The van der Waals surface area contributed by atoms with Crippen molar-refractivity contribution in [3.63, 3.8) is 0 Å². The van der Waals surface area contributed by atoms with Crippen LogP contribution in [0.25, 0.3) is 0 Å². The summed E-state index contributed by atoms with van der Waals surface area (Å²) >= 11 is 0. The lowest BCUT2D eigenvalue weighted by Gasteiger charge is -2.24. The second kappa shape index (κ2) is 8.31. The second-order valence-electron chi connectivity index (χ2n) is 7.09. The maximum Gasteiger partial charge on any atom is 0.331 e. The molecule has 0 aromatic heterocycles. The molecular formula is C17H29O4P. The minimum atomic E-state index is -3.39. The molecule has 22 heavy (non-hydrogen) atoms. The quantitative estimate of drug-likeness (QED) is 0.559. The second-order valence-corrected chi connectivity index (χ2v) is 9.46. The van der Waals surface area contributed by atoms with Crippen LogP contribution >= 0.6 is 7.37 Å². The van der Waals surface area contributed by atoms with Crippen LogP contribution in [0.3, 0.4) is 0 Å². The molecule has 2 rings (SSSR count). The fourth-order valence-electron chi connectivity index (χ4n) is 3.88. The van der Waals surface area contributed by atoms with Crippen molar-refractivity contribution in [2.45, 2.75) is 64.2 Å². The van der Waals surface area contributed by atoms with E-state index < -0.39 is 13.3 Å². The van der Waals surface area contributed by atoms with E-state index >= 15 is 0 Å². The van der Waals surface area contributed by atoms with Gasteiger partial charge in [-0.2, -0.15) is 0 Å². The molecule has 0 radical (unpaired) electrons. The minimum Gasteiger partial charge on any atom is -0.478 e. The first-order chi connectivity index (χ1) is 10.5. The fourth-order valence-corrected chi connectivity index (χ4v) is 5.96. The zero-order valence-corrected chi connectivity index (χ0v) is 14.3. The minimum absolute atomic E-state index is 0.157. The van der Waals surface area contributed by atoms with E-state index in [2.05, 4.69) is 0 Å². The van der Waals surface area contributed by atoms with Crippen molar-refractivity contribution in [2.75, 3.05) is 12.3 Å². The van der Waals surface area contributed by atoms with Crippen LogP contribution in [0.2, 0.25) is 0 Å². The summed E-state index contributed by atoms with van der Waals surface area (Å²) in [4.78, 5) is 21.7. The number of aliphatic carboxylic acids is 1. The molecule has 1 unspecified atom stereocenters. The van der Waals surface area contributed by atoms with Crippen molar-refractivity contribution in [3.05, 3.63) is 11.6 Å². The smallest absolute Gasteiger partial charge is 0.331 e. The van der Waals surface area contributed by atoms with E-state index in [1.165, 1.54) is 12.8 Å². The van der Waals surface area contributed by atoms with Crippen LogP contribution in [0.4, 0.5) is 0 Å². The lowest BCUT2D eigenvalue weighted by atomic mass is 9.88. The first kappa shape index (κ1) is 17.7. The molecule has 2 aliphatic carbocycles. The van der Waals surface area contributed by atoms with Gasteiger partial charge in [0.2, 0.25) is 7.37 Å². The lowest BCUT2D eigenvalue weighted by molar-refractivity contribution is -0.132. The van der Waals surface area contributed by atoms with Gasteiger partial charge in [-0.1, -0.05) is 44.6 Å². The first-order valence-corrected chi connectivity index (χ1v) is 10.7. The lowest BCUT2D eigenvalue weighted by Crippen LogP contribution is -2.16. The summed E-state index contributed by atoms with van der Waals surface area (Å²) in [5.74, 6) is -0.452. The molecule has 0 spiro atoms. The van der Waals surface area contributed by atoms with Gasteiger partial charge < -0.3 is 10.00 Å². The highest BCUT2D eigenvalue weighted by Gasteiger charge is 2.29. The van der Waals surface area contributed by atoms with E-state index in [4.69, 9.17) is 0 Å². The topological polar surface area (TPSA) is 74.6 Å². The highest BCUT2D eigenvalue weighted by atomic mass is 31.2. The van der Waals surface area contributed by atoms with Gasteiger partial charge in [-0.3, -0.25) is 4.57 Å². The molecule has 5 heteroatoms. The molecule has 0 aromatic rings. The van der Waals surface area contributed by atoms with Crippen LogP contribution in [0.15, 0.2) is 11.6 Å². The molecule has 0 aliphatic heterocycles. The highest BCUT2D eigenvalue weighted by Crippen LogP contribution is 2.47. The van der Waals surface area contributed by atoms with Crippen molar-refractivity contribution in [2.24, 2.45) is 11.8 Å². The molecule has 126 valence electrons. The van der Waals surface area contributed by atoms with Gasteiger partial charge in [0.1, 0.15) is 0 Å². The van der Waals surface area contributed by atoms with Gasteiger partial charge in [-0.15, -0.1) is 0 Å². The summed E-state index contributed by atoms with van der Waals surface area (Å²) in [6, 6.07) is 0. The van der Waals surface area contributed by atoms with E-state index in [-0.39, 0.29) is 17.7 Å². The van der Waals surface area contributed by atoms with Crippen LogP contribution in [0.5, 0.6) is 0 Å². The third kappa shape index (κ3) is 5.89. The summed E-state index contributed by atoms with van der Waals surface area (Å²) in [5, 5.41) is 9.37. The Bertz CT molecular complexity index is 446. The first-order valence-electron chi connectivity index (χ1n) is 8.71. The van der Waals surface area contributed by atoms with Gasteiger partial charge in [0.05, 0.1) is 6.16 Å². The molecule has 0 heterocycles. The summed E-state index contributed by atoms with van der Waals surface area (Å²) in [5.41, 5.74) is 0.161.